The maximum absolute atomic E-state index is 5.15. The molecule has 28 rings (SSSR count). The molecule has 146 heavy (non-hydrogen) atoms. The first-order chi connectivity index (χ1) is 72.3. The van der Waals surface area contributed by atoms with Crippen LogP contribution in [-0.4, -0.2) is 44.9 Å². The lowest BCUT2D eigenvalue weighted by atomic mass is 9.87. The molecule has 0 aliphatic rings. The Balaban J connectivity index is 0.000000111. The molecule has 0 atom stereocenters. The number of hydrogen-bond acceptors (Lipinski definition) is 9. The lowest BCUT2D eigenvalue weighted by Gasteiger charge is -2.17. The highest BCUT2D eigenvalue weighted by molar-refractivity contribution is 6.26. The molecule has 0 N–H and O–H groups in total. The molecule has 9 nitrogen and oxygen atoms in total. The van der Waals surface area contributed by atoms with Gasteiger partial charge in [-0.3, -0.25) is 0 Å². The van der Waals surface area contributed by atoms with Crippen molar-refractivity contribution < 1.29 is 0 Å². The minimum Gasteiger partial charge on any atom is -0.208 e. The lowest BCUT2D eigenvalue weighted by molar-refractivity contribution is 1.07. The van der Waals surface area contributed by atoms with Crippen molar-refractivity contribution in [2.75, 3.05) is 0 Å². The molecule has 25 aromatic carbocycles. The molecule has 3 aromatic heterocycles. The van der Waals surface area contributed by atoms with Crippen LogP contribution >= 0.6 is 0 Å². The standard InChI is InChI=1S/C49H31N3.C45H29N3.C43H27N3/c1-3-12-32(13-4-1)35-22-23-37-29-41(25-24-36(37)28-35)49-51-47(34-15-5-2-6-16-34)50-48(52-49)40-19-11-18-38(30-40)45-31-39-17-8-9-20-42(39)44-27-26-33-14-7-10-21-43(33)46(44)45;1-3-11-30(12-4-1)37-16-9-10-17-38(37)32-19-22-35(23-20-32)44-46-43(34-14-5-2-6-15-34)47-45(48-44)36-24-21-33-26-27-40-39-18-8-7-13-31(39)25-28-41(40)42(33)29-36;1-3-14-29(15-4-1)41-44-42(30-16-5-2-6-17-30)46-43(45-41)33-25-31-18-8-11-21-35(31)38(27-33)39-26-32-19-9-10-20-34(32)37-24-23-28-13-7-12-22-36(28)40(37)39/h1-31H;1-29H;1-27H. The Morgan fingerprint density at radius 2 is 0.349 bits per heavy atom. The van der Waals surface area contributed by atoms with Crippen LogP contribution in [0.3, 0.4) is 0 Å². The van der Waals surface area contributed by atoms with Crippen molar-refractivity contribution in [3.63, 3.8) is 0 Å². The molecular formula is C137H87N9. The van der Waals surface area contributed by atoms with Gasteiger partial charge in [0, 0.05) is 50.1 Å². The van der Waals surface area contributed by atoms with Gasteiger partial charge in [-0.05, 0) is 223 Å². The number of fused-ring (bicyclic) bond motifs is 17. The summed E-state index contributed by atoms with van der Waals surface area (Å²) in [7, 11) is 0. The third-order valence-corrected chi connectivity index (χ3v) is 28.0. The van der Waals surface area contributed by atoms with Crippen LogP contribution in [0, 0.1) is 0 Å². The lowest BCUT2D eigenvalue weighted by Crippen LogP contribution is -2.00. The zero-order valence-electron chi connectivity index (χ0n) is 79.3. The highest BCUT2D eigenvalue weighted by Crippen LogP contribution is 2.47. The number of aromatic nitrogens is 9. The third-order valence-electron chi connectivity index (χ3n) is 28.0. The van der Waals surface area contributed by atoms with E-state index in [0.29, 0.717) is 52.4 Å². The van der Waals surface area contributed by atoms with Crippen molar-refractivity contribution in [3.8, 4) is 158 Å². The van der Waals surface area contributed by atoms with E-state index >= 15 is 0 Å². The average Bonchev–Trinajstić information content (AvgIpc) is 0.730. The Labute approximate surface area is 843 Å². The maximum atomic E-state index is 5.15. The second-order valence-corrected chi connectivity index (χ2v) is 36.9. The van der Waals surface area contributed by atoms with Gasteiger partial charge in [-0.15, -0.1) is 0 Å². The van der Waals surface area contributed by atoms with Crippen LogP contribution in [0.15, 0.2) is 528 Å². The van der Waals surface area contributed by atoms with Gasteiger partial charge in [0.15, 0.2) is 52.4 Å². The number of nitrogens with zero attached hydrogens (tertiary/aromatic N) is 9. The Hall–Kier alpha value is -19.6. The molecule has 0 spiro atoms. The van der Waals surface area contributed by atoms with Crippen molar-refractivity contribution >= 4 is 118 Å². The highest BCUT2D eigenvalue weighted by Gasteiger charge is 2.24. The quantitative estimate of drug-likeness (QED) is 0.0981. The number of benzene rings is 25. The normalized spacial score (nSPS) is 11.4. The van der Waals surface area contributed by atoms with Crippen LogP contribution < -0.4 is 0 Å². The Kier molecular flexibility index (Phi) is 22.5. The minimum atomic E-state index is 0.639. The van der Waals surface area contributed by atoms with Crippen molar-refractivity contribution in [1.29, 1.82) is 0 Å². The first-order valence-electron chi connectivity index (χ1n) is 49.3. The molecule has 0 fully saturated rings. The monoisotopic (exact) mass is 1860 g/mol. The summed E-state index contributed by atoms with van der Waals surface area (Å²) in [6.07, 6.45) is 0. The molecule has 0 aliphatic carbocycles. The summed E-state index contributed by atoms with van der Waals surface area (Å²) in [5.41, 5.74) is 20.3. The number of rotatable bonds is 14. The second-order valence-electron chi connectivity index (χ2n) is 36.9. The summed E-state index contributed by atoms with van der Waals surface area (Å²) in [6, 6.07) is 186. The van der Waals surface area contributed by atoms with Crippen molar-refractivity contribution in [2.24, 2.45) is 0 Å². The van der Waals surface area contributed by atoms with Crippen LogP contribution in [-0.2, 0) is 0 Å². The summed E-state index contributed by atoms with van der Waals surface area (Å²) in [4.78, 5) is 45.5. The van der Waals surface area contributed by atoms with E-state index in [1.165, 1.54) is 147 Å². The Bertz CT molecular complexity index is 9870. The molecule has 680 valence electrons. The van der Waals surface area contributed by atoms with E-state index < -0.39 is 0 Å². The fraction of sp³-hybridized carbons (Fsp3) is 0. The van der Waals surface area contributed by atoms with Crippen molar-refractivity contribution in [1.82, 2.24) is 44.9 Å². The minimum absolute atomic E-state index is 0.639. The van der Waals surface area contributed by atoms with E-state index in [1.54, 1.807) is 0 Å². The van der Waals surface area contributed by atoms with Gasteiger partial charge >= 0.3 is 0 Å². The molecule has 9 heteroatoms. The summed E-state index contributed by atoms with van der Waals surface area (Å²) >= 11 is 0. The Morgan fingerprint density at radius 3 is 0.822 bits per heavy atom. The van der Waals surface area contributed by atoms with E-state index in [2.05, 4.69) is 413 Å². The van der Waals surface area contributed by atoms with Crippen LogP contribution in [0.5, 0.6) is 0 Å². The summed E-state index contributed by atoms with van der Waals surface area (Å²) in [5, 5.41) is 26.8. The van der Waals surface area contributed by atoms with Gasteiger partial charge in [0.25, 0.3) is 0 Å². The molecule has 3 heterocycles. The predicted molar refractivity (Wildman–Crippen MR) is 608 cm³/mol. The van der Waals surface area contributed by atoms with Gasteiger partial charge in [-0.1, -0.05) is 479 Å². The zero-order chi connectivity index (χ0) is 96.7. The molecule has 0 amide bonds. The van der Waals surface area contributed by atoms with E-state index in [9.17, 15) is 0 Å². The molecule has 28 aromatic rings. The van der Waals surface area contributed by atoms with Gasteiger partial charge < -0.3 is 0 Å². The van der Waals surface area contributed by atoms with Gasteiger partial charge in [0.2, 0.25) is 0 Å². The van der Waals surface area contributed by atoms with E-state index in [4.69, 9.17) is 44.9 Å². The van der Waals surface area contributed by atoms with E-state index in [-0.39, 0.29) is 0 Å². The largest absolute Gasteiger partial charge is 0.208 e. The predicted octanol–water partition coefficient (Wildman–Crippen LogP) is 35.6. The van der Waals surface area contributed by atoms with E-state index in [1.807, 2.05) is 115 Å². The van der Waals surface area contributed by atoms with Crippen LogP contribution in [0.25, 0.3) is 277 Å². The first kappa shape index (κ1) is 86.7. The van der Waals surface area contributed by atoms with Crippen LogP contribution in [0.2, 0.25) is 0 Å². The zero-order valence-corrected chi connectivity index (χ0v) is 79.3. The second kappa shape index (κ2) is 37.9. The SMILES string of the molecule is c1ccc(-c2ccc3cc(-c4nc(-c5ccccc5)nc(-c5cccc(-c6cc7ccccc7c7ccc8ccccc8c67)c5)n4)ccc3c2)cc1.c1ccc(-c2nc(-c3ccc(-c4ccccc4-c4ccccc4)cc3)nc(-c3ccc4ccc5c6ccccc6ccc5c4c3)n2)cc1.c1ccc(-c2nc(-c3ccccc3)nc(-c3cc(-c4cc5ccccc5c5ccc6ccccc6c45)c4ccccc4c3)n2)cc1. The molecular weight excluding hydrogens is 1770 g/mol. The Morgan fingerprint density at radius 1 is 0.0890 bits per heavy atom. The van der Waals surface area contributed by atoms with Gasteiger partial charge in [-0.2, -0.15) is 0 Å². The van der Waals surface area contributed by atoms with Crippen molar-refractivity contribution in [3.05, 3.63) is 528 Å². The topological polar surface area (TPSA) is 116 Å². The molecule has 0 saturated carbocycles. The molecule has 0 bridgehead atoms. The van der Waals surface area contributed by atoms with Crippen LogP contribution in [0.1, 0.15) is 0 Å². The fourth-order valence-electron chi connectivity index (χ4n) is 20.9. The maximum Gasteiger partial charge on any atom is 0.164 e. The van der Waals surface area contributed by atoms with Crippen molar-refractivity contribution in [2.45, 2.75) is 0 Å². The smallest absolute Gasteiger partial charge is 0.164 e. The summed E-state index contributed by atoms with van der Waals surface area (Å²) in [6.45, 7) is 0. The molecule has 0 aliphatic heterocycles. The average molecular weight is 1860 g/mol. The van der Waals surface area contributed by atoms with E-state index in [0.717, 1.165) is 77.5 Å². The summed E-state index contributed by atoms with van der Waals surface area (Å²) < 4.78 is 0. The van der Waals surface area contributed by atoms with Gasteiger partial charge in [-0.25, -0.2) is 44.9 Å². The molecule has 0 unspecified atom stereocenters. The third kappa shape index (κ3) is 16.7. The van der Waals surface area contributed by atoms with Gasteiger partial charge in [0.05, 0.1) is 0 Å². The highest BCUT2D eigenvalue weighted by atomic mass is 15.1. The fourth-order valence-corrected chi connectivity index (χ4v) is 20.9. The van der Waals surface area contributed by atoms with Crippen LogP contribution in [0.4, 0.5) is 0 Å². The first-order valence-corrected chi connectivity index (χ1v) is 49.3. The molecule has 0 radical (unpaired) electrons. The number of hydrogen-bond donors (Lipinski definition) is 0. The molecule has 0 saturated heterocycles. The van der Waals surface area contributed by atoms with Gasteiger partial charge in [0.1, 0.15) is 0 Å². The summed E-state index contributed by atoms with van der Waals surface area (Å²) in [5.74, 6) is 5.83.